The minimum absolute atomic E-state index is 0.795. The highest BCUT2D eigenvalue weighted by Crippen LogP contribution is 2.21. The monoisotopic (exact) mass is 312 g/mol. The van der Waals surface area contributed by atoms with E-state index in [-0.39, 0.29) is 0 Å². The topological polar surface area (TPSA) is 24.9 Å². The maximum absolute atomic E-state index is 4.44. The second-order valence-corrected chi connectivity index (χ2v) is 5.28. The maximum atomic E-state index is 4.44. The van der Waals surface area contributed by atoms with Crippen LogP contribution in [0.25, 0.3) is 10.9 Å². The van der Waals surface area contributed by atoms with Gasteiger partial charge in [0.05, 0.1) is 11.2 Å². The lowest BCUT2D eigenvalue weighted by Crippen LogP contribution is -2.00. The Kier molecular flexibility index (Phi) is 3.47. The van der Waals surface area contributed by atoms with Crippen LogP contribution in [0, 0.1) is 0 Å². The molecule has 1 N–H and O–H groups in total. The number of rotatable bonds is 3. The van der Waals surface area contributed by atoms with Gasteiger partial charge in [-0.15, -0.1) is 0 Å². The molecule has 0 unspecified atom stereocenters. The highest BCUT2D eigenvalue weighted by Gasteiger charge is 2.01. The van der Waals surface area contributed by atoms with Crippen LogP contribution >= 0.6 is 15.9 Å². The fourth-order valence-corrected chi connectivity index (χ4v) is 2.31. The molecule has 0 aliphatic carbocycles. The van der Waals surface area contributed by atoms with Crippen molar-refractivity contribution < 1.29 is 0 Å². The summed E-state index contributed by atoms with van der Waals surface area (Å²) >= 11 is 3.44. The fourth-order valence-electron chi connectivity index (χ4n) is 2.05. The smallest absolute Gasteiger partial charge is 0.0933 e. The molecular formula is C16H13BrN2. The number of halogens is 1. The predicted octanol–water partition coefficient (Wildman–Crippen LogP) is 4.61. The van der Waals surface area contributed by atoms with Gasteiger partial charge in [-0.3, -0.25) is 4.98 Å². The summed E-state index contributed by atoms with van der Waals surface area (Å²) in [6, 6.07) is 18.5. The zero-order valence-electron chi connectivity index (χ0n) is 10.3. The summed E-state index contributed by atoms with van der Waals surface area (Å²) in [5.74, 6) is 0. The van der Waals surface area contributed by atoms with Gasteiger partial charge in [-0.1, -0.05) is 46.3 Å². The summed E-state index contributed by atoms with van der Waals surface area (Å²) in [6.45, 7) is 0.795. The number of fused-ring (bicyclic) bond motifs is 1. The number of hydrogen-bond acceptors (Lipinski definition) is 2. The molecule has 0 saturated heterocycles. The van der Waals surface area contributed by atoms with Gasteiger partial charge in [-0.2, -0.15) is 0 Å². The maximum Gasteiger partial charge on any atom is 0.0933 e. The van der Waals surface area contributed by atoms with Crippen molar-refractivity contribution in [3.63, 3.8) is 0 Å². The van der Waals surface area contributed by atoms with E-state index in [0.29, 0.717) is 0 Å². The molecule has 0 saturated carbocycles. The van der Waals surface area contributed by atoms with Crippen LogP contribution in [0.5, 0.6) is 0 Å². The van der Waals surface area contributed by atoms with Crippen molar-refractivity contribution >= 4 is 32.5 Å². The number of para-hydroxylation sites is 1. The van der Waals surface area contributed by atoms with Crippen LogP contribution < -0.4 is 5.32 Å². The Bertz CT molecular complexity index is 687. The first-order chi connectivity index (χ1) is 9.33. The highest BCUT2D eigenvalue weighted by atomic mass is 79.9. The van der Waals surface area contributed by atoms with Gasteiger partial charge in [0.2, 0.25) is 0 Å². The summed E-state index contributed by atoms with van der Waals surface area (Å²) in [5, 5.41) is 4.60. The van der Waals surface area contributed by atoms with E-state index >= 15 is 0 Å². The molecule has 0 aliphatic rings. The van der Waals surface area contributed by atoms with E-state index in [1.807, 2.05) is 18.3 Å². The number of anilines is 1. The van der Waals surface area contributed by atoms with E-state index in [1.165, 1.54) is 5.56 Å². The molecule has 3 aromatic rings. The summed E-state index contributed by atoms with van der Waals surface area (Å²) in [7, 11) is 0. The van der Waals surface area contributed by atoms with Gasteiger partial charge in [-0.05, 0) is 29.8 Å². The summed E-state index contributed by atoms with van der Waals surface area (Å²) in [6.07, 6.45) is 1.83. The van der Waals surface area contributed by atoms with Crippen molar-refractivity contribution in [2.75, 3.05) is 5.32 Å². The van der Waals surface area contributed by atoms with Gasteiger partial charge < -0.3 is 5.32 Å². The molecule has 2 aromatic carbocycles. The molecular weight excluding hydrogens is 300 g/mol. The van der Waals surface area contributed by atoms with Crippen LogP contribution in [0.2, 0.25) is 0 Å². The fraction of sp³-hybridized carbons (Fsp3) is 0.0625. The number of nitrogens with zero attached hydrogens (tertiary/aromatic N) is 1. The third-order valence-corrected chi connectivity index (χ3v) is 3.56. The molecule has 0 fully saturated rings. The van der Waals surface area contributed by atoms with Crippen LogP contribution in [0.1, 0.15) is 5.56 Å². The van der Waals surface area contributed by atoms with Crippen LogP contribution in [0.15, 0.2) is 65.3 Å². The van der Waals surface area contributed by atoms with Crippen molar-refractivity contribution in [3.8, 4) is 0 Å². The molecule has 19 heavy (non-hydrogen) atoms. The van der Waals surface area contributed by atoms with Crippen LogP contribution in [-0.2, 0) is 6.54 Å². The zero-order chi connectivity index (χ0) is 13.1. The van der Waals surface area contributed by atoms with Crippen molar-refractivity contribution in [3.05, 3.63) is 70.8 Å². The Morgan fingerprint density at radius 2 is 1.74 bits per heavy atom. The molecule has 3 rings (SSSR count). The Hall–Kier alpha value is -1.87. The van der Waals surface area contributed by atoms with Crippen LogP contribution in [0.4, 0.5) is 5.69 Å². The van der Waals surface area contributed by atoms with Crippen molar-refractivity contribution in [2.45, 2.75) is 6.54 Å². The first-order valence-electron chi connectivity index (χ1n) is 6.15. The van der Waals surface area contributed by atoms with E-state index in [9.17, 15) is 0 Å². The molecule has 0 spiro atoms. The normalized spacial score (nSPS) is 10.6. The second-order valence-electron chi connectivity index (χ2n) is 4.36. The first-order valence-corrected chi connectivity index (χ1v) is 6.94. The van der Waals surface area contributed by atoms with Crippen LogP contribution in [-0.4, -0.2) is 4.98 Å². The Labute approximate surface area is 120 Å². The van der Waals surface area contributed by atoms with Crippen molar-refractivity contribution in [1.29, 1.82) is 0 Å². The van der Waals surface area contributed by atoms with E-state index < -0.39 is 0 Å². The van der Waals surface area contributed by atoms with Crippen molar-refractivity contribution in [2.24, 2.45) is 0 Å². The van der Waals surface area contributed by atoms with Gasteiger partial charge in [0.25, 0.3) is 0 Å². The lowest BCUT2D eigenvalue weighted by molar-refractivity contribution is 1.15. The van der Waals surface area contributed by atoms with Gasteiger partial charge in [-0.25, -0.2) is 0 Å². The lowest BCUT2D eigenvalue weighted by atomic mass is 10.1. The van der Waals surface area contributed by atoms with Crippen LogP contribution in [0.3, 0.4) is 0 Å². The quantitative estimate of drug-likeness (QED) is 0.764. The van der Waals surface area contributed by atoms with Crippen molar-refractivity contribution in [1.82, 2.24) is 4.98 Å². The molecule has 0 atom stereocenters. The Morgan fingerprint density at radius 3 is 2.58 bits per heavy atom. The molecule has 2 nitrogen and oxygen atoms in total. The van der Waals surface area contributed by atoms with Gasteiger partial charge >= 0.3 is 0 Å². The SMILES string of the molecule is Brc1ccc(CNc2cccc3cccnc23)cc1. The number of aromatic nitrogens is 1. The highest BCUT2D eigenvalue weighted by molar-refractivity contribution is 9.10. The molecule has 0 bridgehead atoms. The first kappa shape index (κ1) is 12.2. The average molecular weight is 313 g/mol. The minimum Gasteiger partial charge on any atom is -0.379 e. The summed E-state index contributed by atoms with van der Waals surface area (Å²) < 4.78 is 1.10. The second kappa shape index (κ2) is 5.41. The molecule has 0 radical (unpaired) electrons. The minimum atomic E-state index is 0.795. The molecule has 1 heterocycles. The lowest BCUT2D eigenvalue weighted by Gasteiger charge is -2.09. The Morgan fingerprint density at radius 1 is 0.947 bits per heavy atom. The number of benzene rings is 2. The molecule has 94 valence electrons. The van der Waals surface area contributed by atoms with Gasteiger partial charge in [0, 0.05) is 22.6 Å². The molecule has 1 aromatic heterocycles. The third kappa shape index (κ3) is 2.76. The zero-order valence-corrected chi connectivity index (χ0v) is 11.9. The molecule has 0 aliphatic heterocycles. The summed E-state index contributed by atoms with van der Waals surface area (Å²) in [4.78, 5) is 4.44. The molecule has 0 amide bonds. The van der Waals surface area contributed by atoms with E-state index in [4.69, 9.17) is 0 Å². The standard InChI is InChI=1S/C16H13BrN2/c17-14-8-6-12(7-9-14)11-19-15-5-1-3-13-4-2-10-18-16(13)15/h1-10,19H,11H2. The number of pyridine rings is 1. The van der Waals surface area contributed by atoms with E-state index in [0.717, 1.165) is 27.6 Å². The number of nitrogens with one attached hydrogen (secondary N) is 1. The van der Waals surface area contributed by atoms with E-state index in [2.05, 4.69) is 68.7 Å². The molecule has 3 heteroatoms. The third-order valence-electron chi connectivity index (χ3n) is 3.03. The van der Waals surface area contributed by atoms with E-state index in [1.54, 1.807) is 0 Å². The summed E-state index contributed by atoms with van der Waals surface area (Å²) in [5.41, 5.74) is 3.33. The van der Waals surface area contributed by atoms with Gasteiger partial charge in [0.15, 0.2) is 0 Å². The Balaban J connectivity index is 1.84. The number of hydrogen-bond donors (Lipinski definition) is 1. The average Bonchev–Trinajstić information content (AvgIpc) is 2.47. The van der Waals surface area contributed by atoms with Gasteiger partial charge in [0.1, 0.15) is 0 Å². The largest absolute Gasteiger partial charge is 0.379 e. The predicted molar refractivity (Wildman–Crippen MR) is 83.2 cm³/mol.